The van der Waals surface area contributed by atoms with Gasteiger partial charge in [0.2, 0.25) is 5.82 Å². The van der Waals surface area contributed by atoms with Crippen LogP contribution in [0.2, 0.25) is 10.0 Å². The average Bonchev–Trinajstić information content (AvgIpc) is 2.74. The number of nitrogens with one attached hydrogen (secondary N) is 1. The summed E-state index contributed by atoms with van der Waals surface area (Å²) in [7, 11) is 0. The minimum absolute atomic E-state index is 0.0385. The molecule has 0 bridgehead atoms. The fourth-order valence-electron chi connectivity index (χ4n) is 1.64. The Bertz CT molecular complexity index is 753. The number of hydrogen-bond acceptors (Lipinski definition) is 3. The Morgan fingerprint density at radius 3 is 2.41 bits per heavy atom. The maximum atomic E-state index is 12.6. The van der Waals surface area contributed by atoms with Crippen molar-refractivity contribution in [1.29, 1.82) is 0 Å². The predicted molar refractivity (Wildman–Crippen MR) is 75.0 cm³/mol. The highest BCUT2D eigenvalue weighted by molar-refractivity contribution is 6.36. The van der Waals surface area contributed by atoms with E-state index in [9.17, 15) is 18.0 Å². The summed E-state index contributed by atoms with van der Waals surface area (Å²) in [5, 5.41) is 3.33. The van der Waals surface area contributed by atoms with E-state index in [1.807, 2.05) is 0 Å². The van der Waals surface area contributed by atoms with E-state index in [1.165, 1.54) is 12.1 Å². The van der Waals surface area contributed by atoms with E-state index >= 15 is 0 Å². The molecule has 0 radical (unpaired) electrons. The number of hydrogen-bond donors (Lipinski definition) is 1. The summed E-state index contributed by atoms with van der Waals surface area (Å²) in [6.45, 7) is 3.49. The van der Waals surface area contributed by atoms with Crippen molar-refractivity contribution in [3.63, 3.8) is 0 Å². The topological polar surface area (TPSA) is 59.9 Å². The largest absolute Gasteiger partial charge is 0.489 e. The fraction of sp³-hybridized carbons (Fsp3) is 0.333. The van der Waals surface area contributed by atoms with Crippen LogP contribution in [0.4, 0.5) is 13.2 Å². The molecule has 0 unspecified atom stereocenters. The molecule has 0 saturated carbocycles. The Kier molecular flexibility index (Phi) is 4.44. The van der Waals surface area contributed by atoms with Gasteiger partial charge in [-0.25, -0.2) is 4.79 Å². The van der Waals surface area contributed by atoms with Gasteiger partial charge in [-0.1, -0.05) is 23.2 Å². The monoisotopic (exact) mass is 355 g/mol. The third kappa shape index (κ3) is 3.38. The molecule has 0 aliphatic heterocycles. The van der Waals surface area contributed by atoms with Crippen molar-refractivity contribution < 1.29 is 17.9 Å². The average molecular weight is 356 g/mol. The lowest BCUT2D eigenvalue weighted by Crippen LogP contribution is -2.17. The van der Waals surface area contributed by atoms with Gasteiger partial charge < -0.3 is 4.74 Å². The lowest BCUT2D eigenvalue weighted by atomic mass is 10.3. The van der Waals surface area contributed by atoms with Crippen LogP contribution in [0, 0.1) is 0 Å². The highest BCUT2D eigenvalue weighted by Crippen LogP contribution is 2.33. The second-order valence-corrected chi connectivity index (χ2v) is 5.40. The van der Waals surface area contributed by atoms with E-state index in [2.05, 4.69) is 5.10 Å². The highest BCUT2D eigenvalue weighted by Gasteiger charge is 2.36. The number of aromatic nitrogens is 3. The first-order chi connectivity index (χ1) is 10.1. The van der Waals surface area contributed by atoms with Crippen LogP contribution in [0.5, 0.6) is 5.75 Å². The van der Waals surface area contributed by atoms with E-state index in [4.69, 9.17) is 27.9 Å². The maximum Gasteiger partial charge on any atom is 0.451 e. The zero-order chi connectivity index (χ0) is 16.7. The van der Waals surface area contributed by atoms with E-state index in [0.29, 0.717) is 4.68 Å². The summed E-state index contributed by atoms with van der Waals surface area (Å²) < 4.78 is 43.7. The second-order valence-electron chi connectivity index (χ2n) is 4.59. The van der Waals surface area contributed by atoms with Crippen LogP contribution >= 0.6 is 23.2 Å². The van der Waals surface area contributed by atoms with Crippen LogP contribution in [-0.2, 0) is 6.18 Å². The van der Waals surface area contributed by atoms with Gasteiger partial charge >= 0.3 is 11.9 Å². The molecule has 0 fully saturated rings. The minimum Gasteiger partial charge on any atom is -0.489 e. The van der Waals surface area contributed by atoms with Crippen molar-refractivity contribution >= 4 is 23.2 Å². The maximum absolute atomic E-state index is 12.6. The zero-order valence-electron chi connectivity index (χ0n) is 11.3. The van der Waals surface area contributed by atoms with Crippen LogP contribution in [0.3, 0.4) is 0 Å². The van der Waals surface area contributed by atoms with Gasteiger partial charge in [0.15, 0.2) is 0 Å². The normalized spacial score (nSPS) is 12.0. The van der Waals surface area contributed by atoms with Crippen LogP contribution < -0.4 is 10.4 Å². The molecule has 0 aliphatic carbocycles. The van der Waals surface area contributed by atoms with E-state index < -0.39 is 17.7 Å². The summed E-state index contributed by atoms with van der Waals surface area (Å²) >= 11 is 11.9. The smallest absolute Gasteiger partial charge is 0.451 e. The third-order valence-corrected chi connectivity index (χ3v) is 3.08. The van der Waals surface area contributed by atoms with E-state index in [1.54, 1.807) is 18.8 Å². The number of aromatic amines is 1. The Hall–Kier alpha value is -1.67. The van der Waals surface area contributed by atoms with Crippen LogP contribution in [0.25, 0.3) is 5.69 Å². The standard InChI is InChI=1S/C12H10Cl2F3N3O2/c1-5(2)22-9-4-8(6(13)3-7(9)14)20-11(21)18-10(19-20)12(15,16)17/h3-5H,1-2H3,(H,18,19,21). The van der Waals surface area contributed by atoms with Crippen LogP contribution in [0.1, 0.15) is 19.7 Å². The summed E-state index contributed by atoms with van der Waals surface area (Å²) in [5.41, 5.74) is -1.15. The molecule has 2 rings (SSSR count). The third-order valence-electron chi connectivity index (χ3n) is 2.48. The molecular weight excluding hydrogens is 346 g/mol. The molecule has 2 aromatic rings. The molecule has 0 aliphatic rings. The molecule has 10 heteroatoms. The van der Waals surface area contributed by atoms with Crippen molar-refractivity contribution in [2.24, 2.45) is 0 Å². The predicted octanol–water partition coefficient (Wildman–Crippen LogP) is 3.67. The summed E-state index contributed by atoms with van der Waals surface area (Å²) in [6.07, 6.45) is -5.01. The molecule has 120 valence electrons. The first kappa shape index (κ1) is 16.7. The molecular formula is C12H10Cl2F3N3O2. The molecule has 1 aromatic heterocycles. The van der Waals surface area contributed by atoms with Gasteiger partial charge in [-0.15, -0.1) is 5.10 Å². The molecule has 5 nitrogen and oxygen atoms in total. The molecule has 1 aromatic carbocycles. The summed E-state index contributed by atoms with van der Waals surface area (Å²) in [4.78, 5) is 13.3. The Morgan fingerprint density at radius 2 is 1.91 bits per heavy atom. The number of alkyl halides is 3. The number of nitrogens with zero attached hydrogens (tertiary/aromatic N) is 2. The first-order valence-corrected chi connectivity index (χ1v) is 6.78. The molecule has 0 amide bonds. The number of halogens is 5. The van der Waals surface area contributed by atoms with Crippen molar-refractivity contribution in [2.75, 3.05) is 0 Å². The van der Waals surface area contributed by atoms with Gasteiger partial charge in [0.05, 0.1) is 21.8 Å². The van der Waals surface area contributed by atoms with Crippen molar-refractivity contribution in [1.82, 2.24) is 14.8 Å². The van der Waals surface area contributed by atoms with Gasteiger partial charge in [0.25, 0.3) is 0 Å². The first-order valence-electron chi connectivity index (χ1n) is 6.02. The highest BCUT2D eigenvalue weighted by atomic mass is 35.5. The zero-order valence-corrected chi connectivity index (χ0v) is 12.8. The Morgan fingerprint density at radius 1 is 1.27 bits per heavy atom. The fourth-order valence-corrected chi connectivity index (χ4v) is 2.15. The van der Waals surface area contributed by atoms with E-state index in [0.717, 1.165) is 0 Å². The number of H-pyrrole nitrogens is 1. The van der Waals surface area contributed by atoms with Crippen molar-refractivity contribution in [3.05, 3.63) is 38.5 Å². The van der Waals surface area contributed by atoms with Crippen LogP contribution in [0.15, 0.2) is 16.9 Å². The minimum atomic E-state index is -4.78. The summed E-state index contributed by atoms with van der Waals surface area (Å²) in [5.74, 6) is -1.24. The SMILES string of the molecule is CC(C)Oc1cc(-n2nc(C(F)(F)F)[nH]c2=O)c(Cl)cc1Cl. The van der Waals surface area contributed by atoms with Gasteiger partial charge in [-0.2, -0.15) is 17.9 Å². The van der Waals surface area contributed by atoms with Crippen LogP contribution in [-0.4, -0.2) is 20.9 Å². The quantitative estimate of drug-likeness (QED) is 0.913. The van der Waals surface area contributed by atoms with Crippen molar-refractivity contribution in [2.45, 2.75) is 26.1 Å². The molecule has 1 heterocycles. The van der Waals surface area contributed by atoms with Gasteiger partial charge in [0, 0.05) is 6.07 Å². The second kappa shape index (κ2) is 5.85. The molecule has 0 spiro atoms. The molecule has 0 saturated heterocycles. The molecule has 1 N–H and O–H groups in total. The van der Waals surface area contributed by atoms with Gasteiger partial charge in [-0.05, 0) is 19.9 Å². The van der Waals surface area contributed by atoms with Gasteiger partial charge in [-0.3, -0.25) is 4.98 Å². The lowest BCUT2D eigenvalue weighted by Gasteiger charge is -2.13. The number of benzene rings is 1. The lowest BCUT2D eigenvalue weighted by molar-refractivity contribution is -0.144. The molecule has 0 atom stereocenters. The Balaban J connectivity index is 2.58. The van der Waals surface area contributed by atoms with E-state index in [-0.39, 0.29) is 27.6 Å². The number of ether oxygens (including phenoxy) is 1. The number of rotatable bonds is 3. The molecule has 22 heavy (non-hydrogen) atoms. The Labute approximate surface area is 132 Å². The van der Waals surface area contributed by atoms with Gasteiger partial charge in [0.1, 0.15) is 5.75 Å². The van der Waals surface area contributed by atoms with Crippen molar-refractivity contribution in [3.8, 4) is 11.4 Å². The summed E-state index contributed by atoms with van der Waals surface area (Å²) in [6, 6.07) is 2.53.